The van der Waals surface area contributed by atoms with E-state index < -0.39 is 39.1 Å². The molecule has 0 bridgehead atoms. The molecule has 84 valence electrons. The van der Waals surface area contributed by atoms with Crippen molar-refractivity contribution in [3.8, 4) is 0 Å². The first-order chi connectivity index (χ1) is 6.35. The zero-order chi connectivity index (χ0) is 10.9. The molecule has 1 fully saturated rings. The summed E-state index contributed by atoms with van der Waals surface area (Å²) in [5.74, 6) is 0. The molecule has 0 aromatic rings. The zero-order valence-electron chi connectivity index (χ0n) is 6.78. The molecule has 0 amide bonds. The van der Waals surface area contributed by atoms with Gasteiger partial charge in [0, 0.05) is 0 Å². The van der Waals surface area contributed by atoms with Crippen molar-refractivity contribution in [2.75, 3.05) is 6.67 Å². The first kappa shape index (κ1) is 12.0. The highest BCUT2D eigenvalue weighted by molar-refractivity contribution is 7.43. The van der Waals surface area contributed by atoms with Crippen LogP contribution < -0.4 is 9.79 Å². The molecular formula is C5H8FO7P-2. The molecule has 1 aliphatic heterocycles. The lowest BCUT2D eigenvalue weighted by Gasteiger charge is -2.32. The highest BCUT2D eigenvalue weighted by atomic mass is 31.2. The summed E-state index contributed by atoms with van der Waals surface area (Å²) in [6, 6.07) is 0. The number of aliphatic hydroxyl groups excluding tert-OH is 2. The summed E-state index contributed by atoms with van der Waals surface area (Å²) in [6.45, 7) is -1.12. The van der Waals surface area contributed by atoms with Crippen molar-refractivity contribution in [2.24, 2.45) is 0 Å². The van der Waals surface area contributed by atoms with Crippen LogP contribution in [0.3, 0.4) is 0 Å². The van der Waals surface area contributed by atoms with Crippen molar-refractivity contribution < 1.29 is 38.2 Å². The van der Waals surface area contributed by atoms with Crippen molar-refractivity contribution in [1.29, 1.82) is 0 Å². The van der Waals surface area contributed by atoms with Crippen molar-refractivity contribution in [1.82, 2.24) is 0 Å². The van der Waals surface area contributed by atoms with Gasteiger partial charge in [0.25, 0.3) is 0 Å². The second kappa shape index (κ2) is 4.19. The summed E-state index contributed by atoms with van der Waals surface area (Å²) in [5, 5.41) is 18.1. The average molecular weight is 230 g/mol. The van der Waals surface area contributed by atoms with Crippen LogP contribution in [0.2, 0.25) is 0 Å². The van der Waals surface area contributed by atoms with Crippen LogP contribution in [0.5, 0.6) is 0 Å². The molecule has 1 unspecified atom stereocenters. The van der Waals surface area contributed by atoms with Crippen LogP contribution in [-0.2, 0) is 13.8 Å². The van der Waals surface area contributed by atoms with Gasteiger partial charge in [-0.2, -0.15) is 0 Å². The van der Waals surface area contributed by atoms with E-state index in [1.54, 1.807) is 0 Å². The Kier molecular flexibility index (Phi) is 3.59. The lowest BCUT2D eigenvalue weighted by molar-refractivity contribution is -0.354. The minimum Gasteiger partial charge on any atom is -0.790 e. The molecule has 1 aliphatic rings. The Morgan fingerprint density at radius 3 is 2.36 bits per heavy atom. The van der Waals surface area contributed by atoms with Gasteiger partial charge in [-0.05, 0) is 0 Å². The molecule has 0 aliphatic carbocycles. The number of hydrogen-bond acceptors (Lipinski definition) is 7. The van der Waals surface area contributed by atoms with Gasteiger partial charge < -0.3 is 33.8 Å². The Morgan fingerprint density at radius 2 is 2.00 bits per heavy atom. The molecular weight excluding hydrogens is 222 g/mol. The fourth-order valence-electron chi connectivity index (χ4n) is 1.06. The zero-order valence-corrected chi connectivity index (χ0v) is 7.67. The first-order valence-electron chi connectivity index (χ1n) is 3.63. The Balaban J connectivity index is 2.61. The number of hydrogen-bond donors (Lipinski definition) is 2. The average Bonchev–Trinajstić information content (AvgIpc) is 2.30. The van der Waals surface area contributed by atoms with Crippen molar-refractivity contribution >= 4 is 7.82 Å². The van der Waals surface area contributed by atoms with Gasteiger partial charge in [-0.3, -0.25) is 0 Å². The van der Waals surface area contributed by atoms with Gasteiger partial charge in [0.05, 0.1) is 7.82 Å². The maximum Gasteiger partial charge on any atom is 0.191 e. The van der Waals surface area contributed by atoms with Crippen molar-refractivity contribution in [3.05, 3.63) is 0 Å². The fraction of sp³-hybridized carbons (Fsp3) is 1.00. The van der Waals surface area contributed by atoms with Gasteiger partial charge in [0.2, 0.25) is 0 Å². The third-order valence-electron chi connectivity index (χ3n) is 1.70. The molecule has 9 heteroatoms. The summed E-state index contributed by atoms with van der Waals surface area (Å²) in [4.78, 5) is 20.2. The second-order valence-electron chi connectivity index (χ2n) is 2.73. The van der Waals surface area contributed by atoms with E-state index in [4.69, 9.17) is 10.2 Å². The molecule has 14 heavy (non-hydrogen) atoms. The predicted molar refractivity (Wildman–Crippen MR) is 35.3 cm³/mol. The smallest absolute Gasteiger partial charge is 0.191 e. The van der Waals surface area contributed by atoms with E-state index in [9.17, 15) is 18.7 Å². The monoisotopic (exact) mass is 230 g/mol. The van der Waals surface area contributed by atoms with E-state index in [1.807, 2.05) is 0 Å². The Labute approximate surface area is 78.3 Å². The van der Waals surface area contributed by atoms with Gasteiger partial charge in [-0.15, -0.1) is 0 Å². The Morgan fingerprint density at radius 1 is 1.43 bits per heavy atom. The van der Waals surface area contributed by atoms with E-state index in [0.29, 0.717) is 0 Å². The summed E-state index contributed by atoms with van der Waals surface area (Å²) >= 11 is 0. The number of halogens is 1. The van der Waals surface area contributed by atoms with Gasteiger partial charge in [-0.25, -0.2) is 4.39 Å². The molecule has 7 nitrogen and oxygen atoms in total. The topological polar surface area (TPSA) is 122 Å². The summed E-state index contributed by atoms with van der Waals surface area (Å²) < 4.78 is 30.4. The number of phosphoric acid groups is 1. The second-order valence-corrected chi connectivity index (χ2v) is 3.84. The van der Waals surface area contributed by atoms with Crippen LogP contribution in [-0.4, -0.2) is 41.5 Å². The van der Waals surface area contributed by atoms with Crippen LogP contribution in [0, 0.1) is 0 Å². The first-order valence-corrected chi connectivity index (χ1v) is 5.09. The normalized spacial score (nSPS) is 38.9. The third kappa shape index (κ3) is 2.71. The van der Waals surface area contributed by atoms with E-state index >= 15 is 0 Å². The maximum atomic E-state index is 12.1. The van der Waals surface area contributed by atoms with E-state index in [2.05, 4.69) is 9.26 Å². The van der Waals surface area contributed by atoms with Gasteiger partial charge in [0.1, 0.15) is 25.0 Å². The van der Waals surface area contributed by atoms with Crippen LogP contribution in [0.4, 0.5) is 4.39 Å². The van der Waals surface area contributed by atoms with Crippen LogP contribution in [0.15, 0.2) is 0 Å². The Hall–Kier alpha value is -0.0800. The standard InChI is InChI=1S/C5H10FO7P/c6-1-2-3(7)4(8)5(12-2)13-14(9,10)11/h2-5,7-8H,1H2,(H2,9,10,11)/p-2/t2-,3-,4-,5?/m1/s1. The quantitative estimate of drug-likeness (QED) is 0.504. The van der Waals surface area contributed by atoms with Crippen molar-refractivity contribution in [3.63, 3.8) is 0 Å². The lowest BCUT2D eigenvalue weighted by Crippen LogP contribution is -2.35. The minimum absolute atomic E-state index is 1.12. The molecule has 1 heterocycles. The molecule has 0 radical (unpaired) electrons. The summed E-state index contributed by atoms with van der Waals surface area (Å²) in [5.41, 5.74) is 0. The highest BCUT2D eigenvalue weighted by Crippen LogP contribution is 2.33. The van der Waals surface area contributed by atoms with Crippen LogP contribution >= 0.6 is 7.82 Å². The molecule has 0 aromatic heterocycles. The predicted octanol–water partition coefficient (Wildman–Crippen LogP) is -2.75. The number of phosphoric ester groups is 1. The van der Waals surface area contributed by atoms with Crippen LogP contribution in [0.25, 0.3) is 0 Å². The number of alkyl halides is 1. The summed E-state index contributed by atoms with van der Waals surface area (Å²) in [7, 11) is -5.33. The lowest BCUT2D eigenvalue weighted by atomic mass is 10.1. The van der Waals surface area contributed by atoms with E-state index in [1.165, 1.54) is 0 Å². The SMILES string of the molecule is O=P([O-])([O-])OC1O[C@H](CF)[C@@H](O)[C@H]1O. The van der Waals surface area contributed by atoms with Crippen LogP contribution in [0.1, 0.15) is 0 Å². The highest BCUT2D eigenvalue weighted by Gasteiger charge is 2.43. The number of ether oxygens (including phenoxy) is 1. The van der Waals surface area contributed by atoms with E-state index in [0.717, 1.165) is 0 Å². The number of aliphatic hydroxyl groups is 2. The molecule has 1 rings (SSSR count). The molecule has 0 aromatic carbocycles. The molecule has 1 saturated heterocycles. The van der Waals surface area contributed by atoms with Crippen molar-refractivity contribution in [2.45, 2.75) is 24.6 Å². The van der Waals surface area contributed by atoms with Gasteiger partial charge in [0.15, 0.2) is 6.29 Å². The fourth-order valence-corrected chi connectivity index (χ4v) is 1.49. The third-order valence-corrected chi connectivity index (χ3v) is 2.17. The number of rotatable bonds is 3. The largest absolute Gasteiger partial charge is 0.790 e. The molecule has 4 atom stereocenters. The van der Waals surface area contributed by atoms with Gasteiger partial charge >= 0.3 is 0 Å². The molecule has 0 spiro atoms. The van der Waals surface area contributed by atoms with E-state index in [-0.39, 0.29) is 0 Å². The molecule has 0 saturated carbocycles. The maximum absolute atomic E-state index is 12.1. The van der Waals surface area contributed by atoms with Gasteiger partial charge in [-0.1, -0.05) is 0 Å². The Bertz CT molecular complexity index is 242. The minimum atomic E-state index is -5.33. The summed E-state index contributed by atoms with van der Waals surface area (Å²) in [6.07, 6.45) is -6.60. The molecule has 2 N–H and O–H groups in total.